The predicted octanol–water partition coefficient (Wildman–Crippen LogP) is -0.138. The highest BCUT2D eigenvalue weighted by Crippen LogP contribution is 1.99. The van der Waals surface area contributed by atoms with Crippen LogP contribution in [0.4, 0.5) is 0 Å². The van der Waals surface area contributed by atoms with Crippen LogP contribution in [0.2, 0.25) is 0 Å². The van der Waals surface area contributed by atoms with Crippen molar-refractivity contribution in [3.05, 3.63) is 29.6 Å². The van der Waals surface area contributed by atoms with E-state index in [1.807, 2.05) is 0 Å². The molecule has 0 fully saturated rings. The molecule has 0 aliphatic carbocycles. The van der Waals surface area contributed by atoms with Gasteiger partial charge < -0.3 is 15.5 Å². The van der Waals surface area contributed by atoms with Gasteiger partial charge in [0.2, 0.25) is 0 Å². The van der Waals surface area contributed by atoms with E-state index < -0.39 is 5.97 Å². The van der Waals surface area contributed by atoms with Gasteiger partial charge in [0.1, 0.15) is 0 Å². The lowest BCUT2D eigenvalue weighted by Gasteiger charge is -2.01. The molecule has 0 saturated heterocycles. The number of pyridine rings is 1. The summed E-state index contributed by atoms with van der Waals surface area (Å²) in [5.41, 5.74) is 0.930. The fourth-order valence-corrected chi connectivity index (χ4v) is 0.951. The summed E-state index contributed by atoms with van der Waals surface area (Å²) in [6, 6.07) is 3.15. The fraction of sp³-hybridized carbons (Fsp3) is 0.333. The Kier molecular flexibility index (Phi) is 4.03. The van der Waals surface area contributed by atoms with E-state index in [0.29, 0.717) is 13.1 Å². The van der Waals surface area contributed by atoms with Crippen molar-refractivity contribution in [2.24, 2.45) is 0 Å². The van der Waals surface area contributed by atoms with Crippen molar-refractivity contribution in [2.75, 3.05) is 13.2 Å². The first kappa shape index (κ1) is 10.6. The number of aliphatic hydroxyl groups excluding tert-OH is 1. The molecule has 0 radical (unpaired) electrons. The van der Waals surface area contributed by atoms with E-state index in [1.54, 1.807) is 6.07 Å². The Bertz CT molecular complexity index is 297. The highest BCUT2D eigenvalue weighted by atomic mass is 16.4. The van der Waals surface area contributed by atoms with Crippen LogP contribution >= 0.6 is 0 Å². The molecule has 14 heavy (non-hydrogen) atoms. The first-order valence-corrected chi connectivity index (χ1v) is 4.24. The third kappa shape index (κ3) is 3.12. The van der Waals surface area contributed by atoms with Gasteiger partial charge in [0, 0.05) is 19.3 Å². The summed E-state index contributed by atoms with van der Waals surface area (Å²) in [4.78, 5) is 14.4. The maximum atomic E-state index is 10.5. The molecule has 0 unspecified atom stereocenters. The van der Waals surface area contributed by atoms with E-state index >= 15 is 0 Å². The average molecular weight is 196 g/mol. The van der Waals surface area contributed by atoms with Gasteiger partial charge in [-0.1, -0.05) is 0 Å². The third-order valence-corrected chi connectivity index (χ3v) is 1.67. The van der Waals surface area contributed by atoms with E-state index in [2.05, 4.69) is 10.3 Å². The largest absolute Gasteiger partial charge is 0.478 e. The average Bonchev–Trinajstić information content (AvgIpc) is 2.19. The lowest BCUT2D eigenvalue weighted by molar-refractivity contribution is 0.0696. The van der Waals surface area contributed by atoms with Crippen molar-refractivity contribution in [3.8, 4) is 0 Å². The zero-order valence-corrected chi connectivity index (χ0v) is 7.60. The smallest absolute Gasteiger partial charge is 0.337 e. The van der Waals surface area contributed by atoms with Gasteiger partial charge in [-0.2, -0.15) is 0 Å². The Morgan fingerprint density at radius 1 is 1.50 bits per heavy atom. The quantitative estimate of drug-likeness (QED) is 0.571. The minimum absolute atomic E-state index is 0.0766. The molecule has 5 heteroatoms. The number of carboxylic acids is 1. The van der Waals surface area contributed by atoms with E-state index in [9.17, 15) is 4.79 Å². The second-order valence-corrected chi connectivity index (χ2v) is 2.74. The molecule has 0 aliphatic heterocycles. The summed E-state index contributed by atoms with van der Waals surface area (Å²) in [7, 11) is 0. The molecule has 0 spiro atoms. The number of nitrogens with zero attached hydrogens (tertiary/aromatic N) is 1. The predicted molar refractivity (Wildman–Crippen MR) is 50.0 cm³/mol. The number of rotatable bonds is 5. The van der Waals surface area contributed by atoms with Crippen LogP contribution in [-0.2, 0) is 6.54 Å². The van der Waals surface area contributed by atoms with Crippen molar-refractivity contribution in [2.45, 2.75) is 6.54 Å². The number of carboxylic acid groups (broad SMARTS) is 1. The SMILES string of the molecule is O=C(O)c1ccc(CNCCO)nc1. The zero-order valence-electron chi connectivity index (χ0n) is 7.60. The number of aromatic carboxylic acids is 1. The van der Waals surface area contributed by atoms with Crippen LogP contribution in [-0.4, -0.2) is 34.3 Å². The molecule has 0 atom stereocenters. The monoisotopic (exact) mass is 196 g/mol. The summed E-state index contributed by atoms with van der Waals surface area (Å²) < 4.78 is 0. The summed E-state index contributed by atoms with van der Waals surface area (Å²) in [5, 5.41) is 20.0. The molecule has 0 bridgehead atoms. The zero-order chi connectivity index (χ0) is 10.4. The molecule has 1 aromatic heterocycles. The molecule has 3 N–H and O–H groups in total. The van der Waals surface area contributed by atoms with Gasteiger partial charge in [-0.05, 0) is 12.1 Å². The molecule has 0 aromatic carbocycles. The lowest BCUT2D eigenvalue weighted by Crippen LogP contribution is -2.18. The van der Waals surface area contributed by atoms with Gasteiger partial charge in [-0.25, -0.2) is 4.79 Å². The number of nitrogens with one attached hydrogen (secondary N) is 1. The van der Waals surface area contributed by atoms with Crippen LogP contribution in [0.25, 0.3) is 0 Å². The minimum atomic E-state index is -0.979. The number of aromatic nitrogens is 1. The van der Waals surface area contributed by atoms with E-state index in [4.69, 9.17) is 10.2 Å². The van der Waals surface area contributed by atoms with Crippen LogP contribution in [0.5, 0.6) is 0 Å². The van der Waals surface area contributed by atoms with Crippen LogP contribution in [0.3, 0.4) is 0 Å². The van der Waals surface area contributed by atoms with Gasteiger partial charge in [0.25, 0.3) is 0 Å². The van der Waals surface area contributed by atoms with Gasteiger partial charge in [-0.3, -0.25) is 4.98 Å². The van der Waals surface area contributed by atoms with Crippen LogP contribution in [0.1, 0.15) is 16.1 Å². The standard InChI is InChI=1S/C9H12N2O3/c12-4-3-10-6-8-2-1-7(5-11-8)9(13)14/h1-2,5,10,12H,3-4,6H2,(H,13,14). The first-order valence-electron chi connectivity index (χ1n) is 4.24. The van der Waals surface area contributed by atoms with E-state index in [1.165, 1.54) is 12.3 Å². The van der Waals surface area contributed by atoms with Crippen LogP contribution < -0.4 is 5.32 Å². The highest BCUT2D eigenvalue weighted by Gasteiger charge is 2.02. The first-order chi connectivity index (χ1) is 6.74. The Morgan fingerprint density at radius 3 is 2.79 bits per heavy atom. The lowest BCUT2D eigenvalue weighted by atomic mass is 10.2. The van der Waals surface area contributed by atoms with Crippen molar-refractivity contribution in [3.63, 3.8) is 0 Å². The van der Waals surface area contributed by atoms with Gasteiger partial charge in [0.15, 0.2) is 0 Å². The molecule has 5 nitrogen and oxygen atoms in total. The Balaban J connectivity index is 2.51. The van der Waals surface area contributed by atoms with E-state index in [0.717, 1.165) is 5.69 Å². The van der Waals surface area contributed by atoms with Gasteiger partial charge in [0.05, 0.1) is 17.9 Å². The normalized spacial score (nSPS) is 10.1. The van der Waals surface area contributed by atoms with Crippen LogP contribution in [0, 0.1) is 0 Å². The number of aliphatic hydroxyl groups is 1. The number of hydrogen-bond acceptors (Lipinski definition) is 4. The number of hydrogen-bond donors (Lipinski definition) is 3. The van der Waals surface area contributed by atoms with Crippen molar-refractivity contribution < 1.29 is 15.0 Å². The Labute approximate surface area is 81.4 Å². The summed E-state index contributed by atoms with van der Waals surface area (Å²) in [5.74, 6) is -0.979. The topological polar surface area (TPSA) is 82.5 Å². The summed E-state index contributed by atoms with van der Waals surface area (Å²) in [6.07, 6.45) is 1.32. The van der Waals surface area contributed by atoms with Crippen molar-refractivity contribution in [1.29, 1.82) is 0 Å². The fourth-order valence-electron chi connectivity index (χ4n) is 0.951. The highest BCUT2D eigenvalue weighted by molar-refractivity contribution is 5.87. The molecule has 1 rings (SSSR count). The maximum absolute atomic E-state index is 10.5. The molecule has 1 heterocycles. The second-order valence-electron chi connectivity index (χ2n) is 2.74. The number of carbonyl (C=O) groups is 1. The summed E-state index contributed by atoms with van der Waals surface area (Å²) in [6.45, 7) is 1.11. The molecule has 1 aromatic rings. The van der Waals surface area contributed by atoms with Crippen molar-refractivity contribution >= 4 is 5.97 Å². The molecule has 0 saturated carbocycles. The Morgan fingerprint density at radius 2 is 2.29 bits per heavy atom. The van der Waals surface area contributed by atoms with Gasteiger partial charge >= 0.3 is 5.97 Å². The van der Waals surface area contributed by atoms with Crippen molar-refractivity contribution in [1.82, 2.24) is 10.3 Å². The molecular weight excluding hydrogens is 184 g/mol. The maximum Gasteiger partial charge on any atom is 0.337 e. The minimum Gasteiger partial charge on any atom is -0.478 e. The third-order valence-electron chi connectivity index (χ3n) is 1.67. The Hall–Kier alpha value is -1.46. The molecule has 0 aliphatic rings. The molecule has 76 valence electrons. The van der Waals surface area contributed by atoms with E-state index in [-0.39, 0.29) is 12.2 Å². The second kappa shape index (κ2) is 5.31. The molecule has 0 amide bonds. The van der Waals surface area contributed by atoms with Crippen LogP contribution in [0.15, 0.2) is 18.3 Å². The molecular formula is C9H12N2O3. The van der Waals surface area contributed by atoms with Gasteiger partial charge in [-0.15, -0.1) is 0 Å². The summed E-state index contributed by atoms with van der Waals surface area (Å²) >= 11 is 0.